The minimum atomic E-state index is -0.437. The molecule has 19 heavy (non-hydrogen) atoms. The molecule has 0 aliphatic carbocycles. The molecule has 0 unspecified atom stereocenters. The van der Waals surface area contributed by atoms with Crippen LogP contribution in [0.2, 0.25) is 0 Å². The van der Waals surface area contributed by atoms with Gasteiger partial charge < -0.3 is 15.4 Å². The zero-order valence-corrected chi connectivity index (χ0v) is 12.5. The van der Waals surface area contributed by atoms with E-state index in [0.717, 1.165) is 30.5 Å². The molecule has 2 N–H and O–H groups in total. The Morgan fingerprint density at radius 1 is 1.53 bits per heavy atom. The van der Waals surface area contributed by atoms with E-state index >= 15 is 0 Å². The van der Waals surface area contributed by atoms with E-state index in [9.17, 15) is 4.79 Å². The van der Waals surface area contributed by atoms with Crippen LogP contribution in [0.4, 0.5) is 5.69 Å². The molecule has 6 heteroatoms. The lowest BCUT2D eigenvalue weighted by atomic mass is 9.78. The summed E-state index contributed by atoms with van der Waals surface area (Å²) in [5, 5.41) is 6.20. The number of amides is 1. The quantitative estimate of drug-likeness (QED) is 0.828. The van der Waals surface area contributed by atoms with Gasteiger partial charge in [0.15, 0.2) is 0 Å². The predicted octanol–water partition coefficient (Wildman–Crippen LogP) is 1.80. The fraction of sp³-hybridized carbons (Fsp3) is 0.538. The van der Waals surface area contributed by atoms with Crippen molar-refractivity contribution in [3.8, 4) is 0 Å². The summed E-state index contributed by atoms with van der Waals surface area (Å²) >= 11 is 3.27. The van der Waals surface area contributed by atoms with Gasteiger partial charge in [0.1, 0.15) is 4.60 Å². The van der Waals surface area contributed by atoms with Gasteiger partial charge in [0, 0.05) is 7.11 Å². The highest BCUT2D eigenvalue weighted by atomic mass is 79.9. The number of nitrogens with one attached hydrogen (secondary N) is 2. The maximum absolute atomic E-state index is 12.5. The first-order valence-corrected chi connectivity index (χ1v) is 7.08. The van der Waals surface area contributed by atoms with Crippen molar-refractivity contribution in [1.29, 1.82) is 0 Å². The average Bonchev–Trinajstić information content (AvgIpc) is 2.43. The summed E-state index contributed by atoms with van der Waals surface area (Å²) in [5.74, 6) is 0.0139. The highest BCUT2D eigenvalue weighted by Gasteiger charge is 2.39. The monoisotopic (exact) mass is 327 g/mol. The normalized spacial score (nSPS) is 18.0. The van der Waals surface area contributed by atoms with Gasteiger partial charge in [-0.25, -0.2) is 4.98 Å². The third-order valence-corrected chi connectivity index (χ3v) is 3.92. The Morgan fingerprint density at radius 2 is 2.26 bits per heavy atom. The van der Waals surface area contributed by atoms with E-state index in [1.165, 1.54) is 0 Å². The number of hydrogen-bond acceptors (Lipinski definition) is 4. The standard InChI is InChI=1S/C13H18BrN3O2/c1-19-9-13(4-6-15-7-5-13)12(18)17-10-2-3-11(14)16-8-10/h2-3,8,15H,4-7,9H2,1H3,(H,17,18). The van der Waals surface area contributed by atoms with Gasteiger partial charge in [0.2, 0.25) is 5.91 Å². The van der Waals surface area contributed by atoms with Crippen LogP contribution in [0.3, 0.4) is 0 Å². The molecule has 1 aliphatic heterocycles. The molecule has 1 amide bonds. The minimum Gasteiger partial charge on any atom is -0.384 e. The van der Waals surface area contributed by atoms with Crippen molar-refractivity contribution in [1.82, 2.24) is 10.3 Å². The lowest BCUT2D eigenvalue weighted by Crippen LogP contribution is -2.47. The zero-order chi connectivity index (χ0) is 13.7. The van der Waals surface area contributed by atoms with Crippen molar-refractivity contribution in [2.45, 2.75) is 12.8 Å². The number of carbonyl (C=O) groups excluding carboxylic acids is 1. The second-order valence-electron chi connectivity index (χ2n) is 4.79. The van der Waals surface area contributed by atoms with Crippen LogP contribution in [0.25, 0.3) is 0 Å². The number of nitrogens with zero attached hydrogens (tertiary/aromatic N) is 1. The summed E-state index contributed by atoms with van der Waals surface area (Å²) in [6, 6.07) is 3.64. The number of rotatable bonds is 4. The van der Waals surface area contributed by atoms with Crippen LogP contribution in [0.1, 0.15) is 12.8 Å². The Labute approximate surface area is 121 Å². The predicted molar refractivity (Wildman–Crippen MR) is 77.0 cm³/mol. The van der Waals surface area contributed by atoms with E-state index in [0.29, 0.717) is 12.3 Å². The van der Waals surface area contributed by atoms with Crippen LogP contribution >= 0.6 is 15.9 Å². The van der Waals surface area contributed by atoms with Crippen molar-refractivity contribution >= 4 is 27.5 Å². The Morgan fingerprint density at radius 3 is 2.84 bits per heavy atom. The third-order valence-electron chi connectivity index (χ3n) is 3.45. The fourth-order valence-electron chi connectivity index (χ4n) is 2.33. The van der Waals surface area contributed by atoms with E-state index in [1.54, 1.807) is 19.4 Å². The molecule has 2 heterocycles. The first-order valence-electron chi connectivity index (χ1n) is 6.29. The molecule has 1 aromatic rings. The van der Waals surface area contributed by atoms with Crippen molar-refractivity contribution < 1.29 is 9.53 Å². The number of pyridine rings is 1. The summed E-state index contributed by atoms with van der Waals surface area (Å²) in [7, 11) is 1.64. The molecular weight excluding hydrogens is 310 g/mol. The lowest BCUT2D eigenvalue weighted by Gasteiger charge is -2.35. The van der Waals surface area contributed by atoms with Crippen molar-refractivity contribution in [3.63, 3.8) is 0 Å². The van der Waals surface area contributed by atoms with E-state index in [1.807, 2.05) is 6.07 Å². The third kappa shape index (κ3) is 3.52. The molecule has 1 saturated heterocycles. The summed E-state index contributed by atoms with van der Waals surface area (Å²) in [5.41, 5.74) is 0.273. The number of aromatic nitrogens is 1. The lowest BCUT2D eigenvalue weighted by molar-refractivity contribution is -0.130. The number of hydrogen-bond donors (Lipinski definition) is 2. The Kier molecular flexibility index (Phi) is 4.90. The number of anilines is 1. The summed E-state index contributed by atoms with van der Waals surface area (Å²) in [6.07, 6.45) is 3.22. The first kappa shape index (κ1) is 14.4. The molecule has 104 valence electrons. The van der Waals surface area contributed by atoms with Crippen LogP contribution in [0.15, 0.2) is 22.9 Å². The topological polar surface area (TPSA) is 63.2 Å². The molecular formula is C13H18BrN3O2. The zero-order valence-electron chi connectivity index (χ0n) is 10.9. The number of halogens is 1. The largest absolute Gasteiger partial charge is 0.384 e. The fourth-order valence-corrected chi connectivity index (χ4v) is 2.57. The Bertz CT molecular complexity index is 425. The number of piperidine rings is 1. The maximum atomic E-state index is 12.5. The molecule has 0 saturated carbocycles. The molecule has 0 spiro atoms. The van der Waals surface area contributed by atoms with Crippen LogP contribution < -0.4 is 10.6 Å². The van der Waals surface area contributed by atoms with Gasteiger partial charge in [-0.2, -0.15) is 0 Å². The smallest absolute Gasteiger partial charge is 0.233 e. The minimum absolute atomic E-state index is 0.0139. The summed E-state index contributed by atoms with van der Waals surface area (Å²) < 4.78 is 6.00. The molecule has 1 aliphatic rings. The molecule has 5 nitrogen and oxygen atoms in total. The van der Waals surface area contributed by atoms with E-state index in [4.69, 9.17) is 4.74 Å². The van der Waals surface area contributed by atoms with Crippen LogP contribution in [0.5, 0.6) is 0 Å². The van der Waals surface area contributed by atoms with Gasteiger partial charge in [-0.15, -0.1) is 0 Å². The van der Waals surface area contributed by atoms with Crippen molar-refractivity contribution in [2.75, 3.05) is 32.1 Å². The van der Waals surface area contributed by atoms with E-state index in [2.05, 4.69) is 31.5 Å². The molecule has 1 fully saturated rings. The Balaban J connectivity index is 2.09. The van der Waals surface area contributed by atoms with Gasteiger partial charge >= 0.3 is 0 Å². The number of ether oxygens (including phenoxy) is 1. The number of methoxy groups -OCH3 is 1. The van der Waals surface area contributed by atoms with Crippen LogP contribution in [0, 0.1) is 5.41 Å². The summed E-state index contributed by atoms with van der Waals surface area (Å²) in [4.78, 5) is 16.6. The van der Waals surface area contributed by atoms with Gasteiger partial charge in [0.05, 0.1) is 23.9 Å². The average molecular weight is 328 g/mol. The Hall–Kier alpha value is -0.980. The first-order chi connectivity index (χ1) is 9.16. The van der Waals surface area contributed by atoms with Crippen molar-refractivity contribution in [3.05, 3.63) is 22.9 Å². The van der Waals surface area contributed by atoms with Gasteiger partial charge in [-0.1, -0.05) is 0 Å². The maximum Gasteiger partial charge on any atom is 0.233 e. The van der Waals surface area contributed by atoms with Gasteiger partial charge in [0.25, 0.3) is 0 Å². The molecule has 1 aromatic heterocycles. The SMILES string of the molecule is COCC1(C(=O)Nc2ccc(Br)nc2)CCNCC1. The van der Waals surface area contributed by atoms with Gasteiger partial charge in [-0.05, 0) is 54.0 Å². The molecule has 0 atom stereocenters. The molecule has 2 rings (SSSR count). The molecule has 0 bridgehead atoms. The van der Waals surface area contributed by atoms with E-state index < -0.39 is 5.41 Å². The highest BCUT2D eigenvalue weighted by Crippen LogP contribution is 2.30. The number of carbonyl (C=O) groups is 1. The second kappa shape index (κ2) is 6.45. The second-order valence-corrected chi connectivity index (χ2v) is 5.60. The van der Waals surface area contributed by atoms with Gasteiger partial charge in [-0.3, -0.25) is 4.79 Å². The highest BCUT2D eigenvalue weighted by molar-refractivity contribution is 9.10. The van der Waals surface area contributed by atoms with E-state index in [-0.39, 0.29) is 5.91 Å². The van der Waals surface area contributed by atoms with Crippen LogP contribution in [-0.2, 0) is 9.53 Å². The molecule has 0 aromatic carbocycles. The molecule has 0 radical (unpaired) electrons. The van der Waals surface area contributed by atoms with Crippen LogP contribution in [-0.4, -0.2) is 37.7 Å². The summed E-state index contributed by atoms with van der Waals surface area (Å²) in [6.45, 7) is 2.13. The van der Waals surface area contributed by atoms with Crippen molar-refractivity contribution in [2.24, 2.45) is 5.41 Å².